The van der Waals surface area contributed by atoms with Crippen LogP contribution in [0.4, 0.5) is 0 Å². The summed E-state index contributed by atoms with van der Waals surface area (Å²) in [5, 5.41) is 9.36. The second kappa shape index (κ2) is 4.73. The van der Waals surface area contributed by atoms with Crippen molar-refractivity contribution in [3.05, 3.63) is 31.5 Å². The third-order valence-electron chi connectivity index (χ3n) is 2.41. The molecule has 7 nitrogen and oxygen atoms in total. The van der Waals surface area contributed by atoms with Crippen molar-refractivity contribution >= 4 is 15.9 Å². The summed E-state index contributed by atoms with van der Waals surface area (Å²) in [7, 11) is 0. The van der Waals surface area contributed by atoms with Crippen LogP contribution in [0.3, 0.4) is 0 Å². The van der Waals surface area contributed by atoms with Gasteiger partial charge in [-0.2, -0.15) is 0 Å². The number of aromatic amines is 1. The van der Waals surface area contributed by atoms with E-state index < -0.39 is 23.8 Å². The van der Waals surface area contributed by atoms with Gasteiger partial charge in [0.1, 0.15) is 6.61 Å². The number of aliphatic hydroxyl groups is 1. The molecule has 1 saturated heterocycles. The van der Waals surface area contributed by atoms with Gasteiger partial charge >= 0.3 is 5.69 Å². The van der Waals surface area contributed by atoms with Crippen molar-refractivity contribution in [2.24, 2.45) is 0 Å². The summed E-state index contributed by atoms with van der Waals surface area (Å²) in [4.78, 5) is 25.0. The molecule has 1 aromatic heterocycles. The molecule has 0 amide bonds. The number of halogens is 1. The Kier molecular flexibility index (Phi) is 3.48. The molecule has 8 heteroatoms. The number of nitrogens with one attached hydrogen (secondary N) is 1. The van der Waals surface area contributed by atoms with E-state index in [1.54, 1.807) is 0 Å². The molecule has 0 aliphatic carbocycles. The lowest BCUT2D eigenvalue weighted by molar-refractivity contribution is -0.336. The van der Waals surface area contributed by atoms with Gasteiger partial charge < -0.3 is 14.6 Å². The molecular formula is C9H11BrN2O5. The lowest BCUT2D eigenvalue weighted by atomic mass is 10.4. The second-order valence-electron chi connectivity index (χ2n) is 3.53. The summed E-state index contributed by atoms with van der Waals surface area (Å²) < 4.78 is 11.8. The van der Waals surface area contributed by atoms with Crippen LogP contribution in [0.25, 0.3) is 0 Å². The molecule has 0 radical (unpaired) electrons. The molecule has 0 bridgehead atoms. The average Bonchev–Trinajstić information content (AvgIpc) is 2.34. The van der Waals surface area contributed by atoms with Crippen molar-refractivity contribution < 1.29 is 14.6 Å². The highest BCUT2D eigenvalue weighted by atomic mass is 79.9. The molecule has 2 heterocycles. The van der Waals surface area contributed by atoms with E-state index in [-0.39, 0.29) is 4.47 Å². The van der Waals surface area contributed by atoms with Crippen molar-refractivity contribution in [2.75, 3.05) is 19.8 Å². The Morgan fingerprint density at radius 1 is 1.47 bits per heavy atom. The summed E-state index contributed by atoms with van der Waals surface area (Å²) in [5.74, 6) is -1.55. The summed E-state index contributed by atoms with van der Waals surface area (Å²) in [6.45, 7) is 0.207. The predicted octanol–water partition coefficient (Wildman–Crippen LogP) is -0.661. The molecule has 0 atom stereocenters. The summed E-state index contributed by atoms with van der Waals surface area (Å²) in [6.07, 6.45) is 1.92. The van der Waals surface area contributed by atoms with E-state index in [9.17, 15) is 14.7 Å². The standard InChI is InChI=1S/C9H11BrN2O5/c10-6-4-12(8(15)11-7(6)14)9(5-13)16-2-1-3-17-9/h4,13H,1-3,5H2,(H,11,14,15). The van der Waals surface area contributed by atoms with Crippen molar-refractivity contribution in [2.45, 2.75) is 12.3 Å². The topological polar surface area (TPSA) is 93.6 Å². The zero-order valence-electron chi connectivity index (χ0n) is 8.81. The van der Waals surface area contributed by atoms with E-state index in [0.717, 1.165) is 4.57 Å². The van der Waals surface area contributed by atoms with Crippen molar-refractivity contribution in [1.82, 2.24) is 9.55 Å². The van der Waals surface area contributed by atoms with Gasteiger partial charge in [-0.3, -0.25) is 9.78 Å². The molecule has 0 aromatic carbocycles. The molecule has 94 valence electrons. The third kappa shape index (κ3) is 2.21. The van der Waals surface area contributed by atoms with Gasteiger partial charge in [-0.05, 0) is 22.4 Å². The number of rotatable bonds is 2. The fourth-order valence-electron chi connectivity index (χ4n) is 1.57. The number of hydrogen-bond acceptors (Lipinski definition) is 5. The predicted molar refractivity (Wildman–Crippen MR) is 60.6 cm³/mol. The Balaban J connectivity index is 2.54. The Labute approximate surface area is 104 Å². The third-order valence-corrected chi connectivity index (χ3v) is 2.97. The zero-order valence-corrected chi connectivity index (χ0v) is 10.4. The molecule has 1 aromatic rings. The van der Waals surface area contributed by atoms with Gasteiger partial charge in [0.2, 0.25) is 0 Å². The molecule has 2 rings (SSSR count). The lowest BCUT2D eigenvalue weighted by Crippen LogP contribution is -2.52. The van der Waals surface area contributed by atoms with Crippen LogP contribution in [0.1, 0.15) is 6.42 Å². The van der Waals surface area contributed by atoms with Gasteiger partial charge in [-0.15, -0.1) is 0 Å². The number of aromatic nitrogens is 2. The monoisotopic (exact) mass is 306 g/mol. The number of nitrogens with zero attached hydrogens (tertiary/aromatic N) is 1. The molecule has 0 spiro atoms. The number of H-pyrrole nitrogens is 1. The number of aliphatic hydroxyl groups excluding tert-OH is 1. The number of ether oxygens (including phenoxy) is 2. The summed E-state index contributed by atoms with van der Waals surface area (Å²) in [5.41, 5.74) is -1.25. The van der Waals surface area contributed by atoms with Crippen LogP contribution < -0.4 is 11.2 Å². The maximum Gasteiger partial charge on any atom is 0.332 e. The van der Waals surface area contributed by atoms with Gasteiger partial charge in [-0.25, -0.2) is 9.36 Å². The van der Waals surface area contributed by atoms with Crippen LogP contribution >= 0.6 is 15.9 Å². The molecule has 1 aliphatic heterocycles. The molecule has 0 saturated carbocycles. The van der Waals surface area contributed by atoms with E-state index in [1.165, 1.54) is 6.20 Å². The van der Waals surface area contributed by atoms with Crippen molar-refractivity contribution in [3.8, 4) is 0 Å². The van der Waals surface area contributed by atoms with Crippen molar-refractivity contribution in [3.63, 3.8) is 0 Å². The minimum Gasteiger partial charge on any atom is -0.389 e. The molecule has 0 unspecified atom stereocenters. The van der Waals surface area contributed by atoms with Gasteiger partial charge in [0.15, 0.2) is 0 Å². The van der Waals surface area contributed by atoms with Gasteiger partial charge in [0.05, 0.1) is 17.7 Å². The minimum absolute atomic E-state index is 0.155. The highest BCUT2D eigenvalue weighted by Gasteiger charge is 2.37. The van der Waals surface area contributed by atoms with Crippen LogP contribution in [0.2, 0.25) is 0 Å². The minimum atomic E-state index is -1.55. The maximum absolute atomic E-state index is 11.7. The Bertz CT molecular complexity index is 517. The fraction of sp³-hybridized carbons (Fsp3) is 0.556. The average molecular weight is 307 g/mol. The van der Waals surface area contributed by atoms with Crippen LogP contribution in [0.15, 0.2) is 20.3 Å². The summed E-state index contributed by atoms with van der Waals surface area (Å²) in [6, 6.07) is 0. The van der Waals surface area contributed by atoms with Crippen LogP contribution in [0.5, 0.6) is 0 Å². The fourth-order valence-corrected chi connectivity index (χ4v) is 1.88. The first-order valence-electron chi connectivity index (χ1n) is 5.00. The highest BCUT2D eigenvalue weighted by molar-refractivity contribution is 9.10. The largest absolute Gasteiger partial charge is 0.389 e. The number of hydrogen-bond donors (Lipinski definition) is 2. The highest BCUT2D eigenvalue weighted by Crippen LogP contribution is 2.22. The first kappa shape index (κ1) is 12.5. The van der Waals surface area contributed by atoms with E-state index in [2.05, 4.69) is 20.9 Å². The van der Waals surface area contributed by atoms with Crippen LogP contribution in [0, 0.1) is 0 Å². The molecule has 17 heavy (non-hydrogen) atoms. The van der Waals surface area contributed by atoms with E-state index >= 15 is 0 Å². The maximum atomic E-state index is 11.7. The molecule has 1 aliphatic rings. The second-order valence-corrected chi connectivity index (χ2v) is 4.38. The SMILES string of the molecule is O=c1[nH]c(=O)n(C2(CO)OCCCO2)cc1Br. The first-order chi connectivity index (χ1) is 8.09. The van der Waals surface area contributed by atoms with Gasteiger partial charge in [-0.1, -0.05) is 0 Å². The quantitative estimate of drug-likeness (QED) is 0.756. The van der Waals surface area contributed by atoms with Gasteiger partial charge in [0, 0.05) is 6.20 Å². The lowest BCUT2D eigenvalue weighted by Gasteiger charge is -2.36. The summed E-state index contributed by atoms with van der Waals surface area (Å²) >= 11 is 3.00. The van der Waals surface area contributed by atoms with E-state index in [4.69, 9.17) is 9.47 Å². The normalized spacial score (nSPS) is 19.2. The van der Waals surface area contributed by atoms with E-state index in [0.29, 0.717) is 19.6 Å². The Morgan fingerprint density at radius 3 is 2.71 bits per heavy atom. The zero-order chi connectivity index (χ0) is 12.5. The van der Waals surface area contributed by atoms with E-state index in [1.807, 2.05) is 0 Å². The van der Waals surface area contributed by atoms with Crippen LogP contribution in [-0.2, 0) is 15.4 Å². The Hall–Kier alpha value is -0.960. The smallest absolute Gasteiger partial charge is 0.332 e. The molecule has 1 fully saturated rings. The van der Waals surface area contributed by atoms with Crippen molar-refractivity contribution in [1.29, 1.82) is 0 Å². The Morgan fingerprint density at radius 2 is 2.12 bits per heavy atom. The molecular weight excluding hydrogens is 296 g/mol. The van der Waals surface area contributed by atoms with Gasteiger partial charge in [0.25, 0.3) is 11.5 Å². The van der Waals surface area contributed by atoms with Crippen LogP contribution in [-0.4, -0.2) is 34.5 Å². The molecule has 2 N–H and O–H groups in total. The first-order valence-corrected chi connectivity index (χ1v) is 5.79.